The highest BCUT2D eigenvalue weighted by Crippen LogP contribution is 2.19. The summed E-state index contributed by atoms with van der Waals surface area (Å²) in [5, 5.41) is 0. The summed E-state index contributed by atoms with van der Waals surface area (Å²) in [6.07, 6.45) is 0. The van der Waals surface area contributed by atoms with E-state index in [0.717, 1.165) is 0 Å². The van der Waals surface area contributed by atoms with Gasteiger partial charge in [0.15, 0.2) is 0 Å². The molecule has 0 spiro atoms. The average Bonchev–Trinajstić information content (AvgIpc) is 2.44. The average molecular weight is 298 g/mol. The quantitative estimate of drug-likeness (QED) is 0.780. The minimum Gasteiger partial charge on any atom is -0.398 e. The van der Waals surface area contributed by atoms with Crippen molar-refractivity contribution in [1.82, 2.24) is 4.90 Å². The molecule has 0 radical (unpaired) electrons. The van der Waals surface area contributed by atoms with Crippen LogP contribution in [0.2, 0.25) is 0 Å². The van der Waals surface area contributed by atoms with Gasteiger partial charge < -0.3 is 20.1 Å². The summed E-state index contributed by atoms with van der Waals surface area (Å²) in [6.45, 7) is 4.62. The molecule has 5 nitrogen and oxygen atoms in total. The van der Waals surface area contributed by atoms with Gasteiger partial charge in [0.2, 0.25) is 0 Å². The summed E-state index contributed by atoms with van der Waals surface area (Å²) in [7, 11) is 3.13. The van der Waals surface area contributed by atoms with Crippen LogP contribution >= 0.6 is 0 Å². The zero-order valence-corrected chi connectivity index (χ0v) is 13.0. The molecule has 118 valence electrons. The Bertz CT molecular complexity index is 471. The molecule has 1 aromatic carbocycles. The standard InChI is InChI=1S/C15H23FN2O3/c1-10(9-21-4)18(5-6-20-3)15(19)12-7-13(16)11(2)14(17)8-12/h7-8,10H,5-6,9,17H2,1-4H3. The van der Waals surface area contributed by atoms with Crippen molar-refractivity contribution in [1.29, 1.82) is 0 Å². The van der Waals surface area contributed by atoms with Gasteiger partial charge in [0.1, 0.15) is 5.82 Å². The SMILES string of the molecule is COCCN(C(=O)c1cc(N)c(C)c(F)c1)C(C)COC. The van der Waals surface area contributed by atoms with Gasteiger partial charge in [-0.2, -0.15) is 0 Å². The van der Waals surface area contributed by atoms with Crippen LogP contribution < -0.4 is 5.73 Å². The molecule has 0 saturated carbocycles. The van der Waals surface area contributed by atoms with Crippen LogP contribution in [-0.4, -0.2) is 50.8 Å². The molecule has 0 bridgehead atoms. The first-order valence-electron chi connectivity index (χ1n) is 6.76. The van der Waals surface area contributed by atoms with Crippen LogP contribution in [0, 0.1) is 12.7 Å². The molecule has 0 heterocycles. The zero-order valence-electron chi connectivity index (χ0n) is 13.0. The lowest BCUT2D eigenvalue weighted by atomic mass is 10.1. The second kappa shape index (κ2) is 7.95. The Morgan fingerprint density at radius 2 is 2.05 bits per heavy atom. The Labute approximate surface area is 124 Å². The van der Waals surface area contributed by atoms with Gasteiger partial charge in [-0.1, -0.05) is 0 Å². The van der Waals surface area contributed by atoms with Gasteiger partial charge in [-0.3, -0.25) is 4.79 Å². The van der Waals surface area contributed by atoms with Crippen LogP contribution in [0.25, 0.3) is 0 Å². The van der Waals surface area contributed by atoms with E-state index in [4.69, 9.17) is 15.2 Å². The van der Waals surface area contributed by atoms with Crippen molar-refractivity contribution < 1.29 is 18.7 Å². The number of ether oxygens (including phenoxy) is 2. The first-order valence-corrected chi connectivity index (χ1v) is 6.76. The summed E-state index contributed by atoms with van der Waals surface area (Å²) in [5.74, 6) is -0.772. The van der Waals surface area contributed by atoms with Crippen LogP contribution in [0.5, 0.6) is 0 Å². The zero-order chi connectivity index (χ0) is 16.0. The van der Waals surface area contributed by atoms with Gasteiger partial charge in [0, 0.05) is 37.6 Å². The smallest absolute Gasteiger partial charge is 0.254 e. The third-order valence-corrected chi connectivity index (χ3v) is 3.37. The maximum absolute atomic E-state index is 13.8. The molecule has 0 saturated heterocycles. The number of carbonyl (C=O) groups is 1. The fourth-order valence-electron chi connectivity index (χ4n) is 2.03. The van der Waals surface area contributed by atoms with Crippen LogP contribution in [0.1, 0.15) is 22.8 Å². The molecule has 0 aliphatic rings. The van der Waals surface area contributed by atoms with Gasteiger partial charge in [-0.25, -0.2) is 4.39 Å². The van der Waals surface area contributed by atoms with Crippen molar-refractivity contribution in [3.63, 3.8) is 0 Å². The van der Waals surface area contributed by atoms with E-state index < -0.39 is 5.82 Å². The number of hydrogen-bond acceptors (Lipinski definition) is 4. The summed E-state index contributed by atoms with van der Waals surface area (Å²) >= 11 is 0. The van der Waals surface area contributed by atoms with Crippen molar-refractivity contribution in [3.8, 4) is 0 Å². The predicted octanol–water partition coefficient (Wildman–Crippen LogP) is 1.84. The molecule has 21 heavy (non-hydrogen) atoms. The maximum atomic E-state index is 13.8. The number of amides is 1. The summed E-state index contributed by atoms with van der Waals surface area (Å²) in [4.78, 5) is 14.2. The Morgan fingerprint density at radius 3 is 2.57 bits per heavy atom. The van der Waals surface area contributed by atoms with Crippen LogP contribution in [-0.2, 0) is 9.47 Å². The predicted molar refractivity (Wildman–Crippen MR) is 79.8 cm³/mol. The van der Waals surface area contributed by atoms with Crippen LogP contribution in [0.4, 0.5) is 10.1 Å². The molecule has 0 aliphatic heterocycles. The second-order valence-electron chi connectivity index (χ2n) is 4.97. The van der Waals surface area contributed by atoms with E-state index in [9.17, 15) is 9.18 Å². The van der Waals surface area contributed by atoms with Gasteiger partial charge in [0.25, 0.3) is 5.91 Å². The minimum absolute atomic E-state index is 0.150. The van der Waals surface area contributed by atoms with Crippen molar-refractivity contribution in [2.45, 2.75) is 19.9 Å². The van der Waals surface area contributed by atoms with Gasteiger partial charge in [-0.15, -0.1) is 0 Å². The molecule has 0 aliphatic carbocycles. The number of nitrogens with two attached hydrogens (primary N) is 1. The highest BCUT2D eigenvalue weighted by Gasteiger charge is 2.22. The summed E-state index contributed by atoms with van der Waals surface area (Å²) in [6, 6.07) is 2.57. The highest BCUT2D eigenvalue weighted by molar-refractivity contribution is 5.95. The lowest BCUT2D eigenvalue weighted by molar-refractivity contribution is 0.0479. The first-order chi connectivity index (χ1) is 9.92. The van der Waals surface area contributed by atoms with Gasteiger partial charge in [0.05, 0.1) is 19.3 Å². The number of hydrogen-bond donors (Lipinski definition) is 1. The van der Waals surface area contributed by atoms with Crippen molar-refractivity contribution in [3.05, 3.63) is 29.1 Å². The van der Waals surface area contributed by atoms with E-state index in [2.05, 4.69) is 0 Å². The van der Waals surface area contributed by atoms with Crippen molar-refractivity contribution >= 4 is 11.6 Å². The van der Waals surface area contributed by atoms with Gasteiger partial charge >= 0.3 is 0 Å². The Balaban J connectivity index is 3.04. The molecule has 1 aromatic rings. The number of methoxy groups -OCH3 is 2. The number of benzene rings is 1. The largest absolute Gasteiger partial charge is 0.398 e. The normalized spacial score (nSPS) is 12.2. The Hall–Kier alpha value is -1.66. The number of rotatable bonds is 7. The van der Waals surface area contributed by atoms with E-state index in [1.54, 1.807) is 26.0 Å². The molecule has 6 heteroatoms. The number of nitrogen functional groups attached to an aromatic ring is 1. The lowest BCUT2D eigenvalue weighted by Gasteiger charge is -2.29. The summed E-state index contributed by atoms with van der Waals surface area (Å²) in [5.41, 5.74) is 6.58. The molecule has 2 N–H and O–H groups in total. The molecule has 1 unspecified atom stereocenters. The molecule has 0 fully saturated rings. The monoisotopic (exact) mass is 298 g/mol. The Morgan fingerprint density at radius 1 is 1.38 bits per heavy atom. The van der Waals surface area contributed by atoms with Crippen molar-refractivity contribution in [2.24, 2.45) is 0 Å². The molecule has 1 rings (SSSR count). The lowest BCUT2D eigenvalue weighted by Crippen LogP contribution is -2.43. The molecule has 1 atom stereocenters. The van der Waals surface area contributed by atoms with Crippen LogP contribution in [0.15, 0.2) is 12.1 Å². The number of nitrogens with zero attached hydrogens (tertiary/aromatic N) is 1. The van der Waals surface area contributed by atoms with E-state index in [-0.39, 0.29) is 23.2 Å². The van der Waals surface area contributed by atoms with Crippen molar-refractivity contribution in [2.75, 3.05) is 39.7 Å². The molecule has 0 aromatic heterocycles. The molecule has 1 amide bonds. The molecular formula is C15H23FN2O3. The summed E-state index contributed by atoms with van der Waals surface area (Å²) < 4.78 is 23.9. The third kappa shape index (κ3) is 4.41. The van der Waals surface area contributed by atoms with E-state index in [0.29, 0.717) is 25.3 Å². The Kier molecular flexibility index (Phi) is 6.58. The van der Waals surface area contributed by atoms with E-state index >= 15 is 0 Å². The fraction of sp³-hybridized carbons (Fsp3) is 0.533. The minimum atomic E-state index is -0.482. The molecular weight excluding hydrogens is 275 g/mol. The first kappa shape index (κ1) is 17.4. The number of anilines is 1. The topological polar surface area (TPSA) is 64.8 Å². The maximum Gasteiger partial charge on any atom is 0.254 e. The second-order valence-corrected chi connectivity index (χ2v) is 4.97. The van der Waals surface area contributed by atoms with E-state index in [1.807, 2.05) is 6.92 Å². The van der Waals surface area contributed by atoms with Crippen LogP contribution in [0.3, 0.4) is 0 Å². The number of halogens is 1. The highest BCUT2D eigenvalue weighted by atomic mass is 19.1. The van der Waals surface area contributed by atoms with E-state index in [1.165, 1.54) is 12.1 Å². The fourth-order valence-corrected chi connectivity index (χ4v) is 2.03. The third-order valence-electron chi connectivity index (χ3n) is 3.37. The van der Waals surface area contributed by atoms with Gasteiger partial charge in [-0.05, 0) is 26.0 Å². The number of carbonyl (C=O) groups excluding carboxylic acids is 1.